The van der Waals surface area contributed by atoms with Gasteiger partial charge in [0, 0.05) is 11.6 Å². The van der Waals surface area contributed by atoms with Crippen LogP contribution in [0.3, 0.4) is 0 Å². The average molecular weight is 336 g/mol. The molecule has 4 aromatic rings. The number of alkyl halides is 1. The normalized spacial score (nSPS) is 11.0. The van der Waals surface area contributed by atoms with E-state index in [-0.39, 0.29) is 6.61 Å². The van der Waals surface area contributed by atoms with Crippen molar-refractivity contribution in [3.05, 3.63) is 48.2 Å². The molecule has 25 heavy (non-hydrogen) atoms. The van der Waals surface area contributed by atoms with Crippen LogP contribution in [0.4, 0.5) is 10.2 Å². The molecule has 0 radical (unpaired) electrons. The van der Waals surface area contributed by atoms with Crippen LogP contribution in [0.25, 0.3) is 28.1 Å². The summed E-state index contributed by atoms with van der Waals surface area (Å²) in [4.78, 5) is 4.47. The molecule has 0 aliphatic rings. The first kappa shape index (κ1) is 15.0. The lowest BCUT2D eigenvalue weighted by Crippen LogP contribution is -1.97. The molecule has 0 amide bonds. The van der Waals surface area contributed by atoms with E-state index in [0.717, 1.165) is 5.39 Å². The summed E-state index contributed by atoms with van der Waals surface area (Å²) in [6.07, 6.45) is 1.70. The van der Waals surface area contributed by atoms with Gasteiger partial charge < -0.3 is 14.9 Å². The van der Waals surface area contributed by atoms with Gasteiger partial charge in [0.15, 0.2) is 5.76 Å². The first-order valence-electron chi connectivity index (χ1n) is 7.60. The van der Waals surface area contributed by atoms with Crippen LogP contribution in [0, 0.1) is 11.3 Å². The second kappa shape index (κ2) is 5.83. The lowest BCUT2D eigenvalue weighted by Gasteiger charge is -2.01. The number of nitrogens with zero attached hydrogens (tertiary/aromatic N) is 3. The summed E-state index contributed by atoms with van der Waals surface area (Å²) >= 11 is 0. The maximum atomic E-state index is 12.2. The highest BCUT2D eigenvalue weighted by atomic mass is 19.1. The van der Waals surface area contributed by atoms with Crippen molar-refractivity contribution in [1.82, 2.24) is 9.38 Å². The molecule has 4 rings (SSSR count). The number of anilines is 1. The molecule has 0 unspecified atom stereocenters. The van der Waals surface area contributed by atoms with E-state index in [9.17, 15) is 4.39 Å². The van der Waals surface area contributed by atoms with E-state index in [1.807, 2.05) is 0 Å². The number of furan rings is 1. The van der Waals surface area contributed by atoms with Crippen LogP contribution < -0.4 is 10.5 Å². The summed E-state index contributed by atoms with van der Waals surface area (Å²) in [5, 5.41) is 9.81. The molecule has 0 saturated carbocycles. The Morgan fingerprint density at radius 1 is 1.28 bits per heavy atom. The van der Waals surface area contributed by atoms with E-state index in [2.05, 4.69) is 11.1 Å². The Labute approximate surface area is 141 Å². The van der Waals surface area contributed by atoms with Gasteiger partial charge in [0.1, 0.15) is 41.8 Å². The van der Waals surface area contributed by atoms with Gasteiger partial charge in [-0.1, -0.05) is 0 Å². The van der Waals surface area contributed by atoms with E-state index < -0.39 is 6.67 Å². The van der Waals surface area contributed by atoms with Crippen LogP contribution >= 0.6 is 0 Å². The fraction of sp³-hybridized carbons (Fsp3) is 0.111. The minimum Gasteiger partial charge on any atom is -0.491 e. The molecule has 0 aliphatic heterocycles. The molecular formula is C18H13FN4O2. The fourth-order valence-electron chi connectivity index (χ4n) is 2.70. The smallest absolute Gasteiger partial charge is 0.157 e. The zero-order chi connectivity index (χ0) is 17.4. The molecule has 0 bridgehead atoms. The monoisotopic (exact) mass is 336 g/mol. The Morgan fingerprint density at radius 2 is 2.16 bits per heavy atom. The van der Waals surface area contributed by atoms with Gasteiger partial charge in [-0.05, 0) is 36.4 Å². The SMILES string of the molecule is N#Cc1ccn2c(N)c(-c3cc4cc(OCCF)ccc4o3)nc2c1. The minimum absolute atomic E-state index is 0.0107. The van der Waals surface area contributed by atoms with Crippen molar-refractivity contribution in [1.29, 1.82) is 5.26 Å². The number of hydrogen-bond acceptors (Lipinski definition) is 5. The molecule has 0 atom stereocenters. The molecule has 1 aromatic carbocycles. The topological polar surface area (TPSA) is 89.5 Å². The summed E-state index contributed by atoms with van der Waals surface area (Å²) in [6, 6.07) is 12.5. The second-order valence-corrected chi connectivity index (χ2v) is 5.45. The van der Waals surface area contributed by atoms with Gasteiger partial charge in [-0.2, -0.15) is 5.26 Å². The minimum atomic E-state index is -0.545. The molecule has 7 heteroatoms. The van der Waals surface area contributed by atoms with Crippen molar-refractivity contribution in [3.8, 4) is 23.3 Å². The van der Waals surface area contributed by atoms with Gasteiger partial charge in [-0.15, -0.1) is 0 Å². The van der Waals surface area contributed by atoms with Gasteiger partial charge in [-0.25, -0.2) is 9.37 Å². The maximum absolute atomic E-state index is 12.2. The van der Waals surface area contributed by atoms with E-state index in [4.69, 9.17) is 20.1 Å². The number of hydrogen-bond donors (Lipinski definition) is 1. The molecule has 0 fully saturated rings. The molecule has 6 nitrogen and oxygen atoms in total. The van der Waals surface area contributed by atoms with Crippen LogP contribution in [0.15, 0.2) is 47.0 Å². The number of ether oxygens (including phenoxy) is 1. The summed E-state index contributed by atoms with van der Waals surface area (Å²) in [5.41, 5.74) is 8.39. The summed E-state index contributed by atoms with van der Waals surface area (Å²) < 4.78 is 25.0. The third-order valence-corrected chi connectivity index (χ3v) is 3.86. The average Bonchev–Trinajstić information content (AvgIpc) is 3.20. The van der Waals surface area contributed by atoms with Gasteiger partial charge in [-0.3, -0.25) is 4.40 Å². The van der Waals surface area contributed by atoms with Crippen molar-refractivity contribution >= 4 is 22.4 Å². The highest BCUT2D eigenvalue weighted by Crippen LogP contribution is 2.33. The zero-order valence-corrected chi connectivity index (χ0v) is 13.1. The third kappa shape index (κ3) is 2.54. The van der Waals surface area contributed by atoms with E-state index in [1.165, 1.54) is 0 Å². The molecule has 0 saturated heterocycles. The molecule has 124 valence electrons. The third-order valence-electron chi connectivity index (χ3n) is 3.86. The van der Waals surface area contributed by atoms with Gasteiger partial charge in [0.2, 0.25) is 0 Å². The molecule has 0 spiro atoms. The van der Waals surface area contributed by atoms with Crippen molar-refractivity contribution < 1.29 is 13.5 Å². The van der Waals surface area contributed by atoms with Gasteiger partial charge in [0.05, 0.1) is 11.6 Å². The lowest BCUT2D eigenvalue weighted by atomic mass is 10.2. The molecule has 0 aliphatic carbocycles. The highest BCUT2D eigenvalue weighted by molar-refractivity contribution is 5.86. The van der Waals surface area contributed by atoms with Crippen LogP contribution in [0.2, 0.25) is 0 Å². The van der Waals surface area contributed by atoms with Crippen LogP contribution in [-0.4, -0.2) is 22.7 Å². The van der Waals surface area contributed by atoms with E-state index in [1.54, 1.807) is 47.0 Å². The van der Waals surface area contributed by atoms with E-state index in [0.29, 0.717) is 39.8 Å². The predicted octanol–water partition coefficient (Wildman–Crippen LogP) is 3.55. The number of imidazole rings is 1. The molecule has 3 heterocycles. The maximum Gasteiger partial charge on any atom is 0.157 e. The number of fused-ring (bicyclic) bond motifs is 2. The lowest BCUT2D eigenvalue weighted by molar-refractivity contribution is 0.273. The molecule has 3 aromatic heterocycles. The van der Waals surface area contributed by atoms with E-state index >= 15 is 0 Å². The predicted molar refractivity (Wildman–Crippen MR) is 91.0 cm³/mol. The van der Waals surface area contributed by atoms with Crippen LogP contribution in [0.5, 0.6) is 5.75 Å². The number of aromatic nitrogens is 2. The number of halogens is 1. The zero-order valence-electron chi connectivity index (χ0n) is 13.1. The number of nitrogen functional groups attached to an aromatic ring is 1. The molecule has 2 N–H and O–H groups in total. The quantitative estimate of drug-likeness (QED) is 0.615. The summed E-state index contributed by atoms with van der Waals surface area (Å²) in [6.45, 7) is -0.534. The van der Waals surface area contributed by atoms with Crippen LogP contribution in [0.1, 0.15) is 5.56 Å². The Bertz CT molecular complexity index is 1120. The number of pyridine rings is 1. The summed E-state index contributed by atoms with van der Waals surface area (Å²) in [5.74, 6) is 1.50. The standard InChI is InChI=1S/C18H13FN4O2/c19-4-6-24-13-1-2-14-12(8-13)9-15(25-14)17-18(21)23-5-3-11(10-20)7-16(23)22-17/h1-3,5,7-9H,4,6,21H2. The number of rotatable bonds is 4. The number of nitriles is 1. The molecular weight excluding hydrogens is 323 g/mol. The Balaban J connectivity index is 1.80. The fourth-order valence-corrected chi connectivity index (χ4v) is 2.70. The summed E-state index contributed by atoms with van der Waals surface area (Å²) in [7, 11) is 0. The van der Waals surface area contributed by atoms with Crippen molar-refractivity contribution in [3.63, 3.8) is 0 Å². The Kier molecular flexibility index (Phi) is 3.51. The van der Waals surface area contributed by atoms with Crippen molar-refractivity contribution in [2.75, 3.05) is 19.0 Å². The van der Waals surface area contributed by atoms with Gasteiger partial charge >= 0.3 is 0 Å². The first-order chi connectivity index (χ1) is 12.2. The largest absolute Gasteiger partial charge is 0.491 e. The first-order valence-corrected chi connectivity index (χ1v) is 7.60. The van der Waals surface area contributed by atoms with Crippen LogP contribution in [-0.2, 0) is 0 Å². The Hall–Kier alpha value is -3.53. The van der Waals surface area contributed by atoms with Crippen molar-refractivity contribution in [2.24, 2.45) is 0 Å². The highest BCUT2D eigenvalue weighted by Gasteiger charge is 2.16. The Morgan fingerprint density at radius 3 is 2.96 bits per heavy atom. The number of nitrogens with two attached hydrogens (primary N) is 1. The second-order valence-electron chi connectivity index (χ2n) is 5.45. The number of benzene rings is 1. The van der Waals surface area contributed by atoms with Gasteiger partial charge in [0.25, 0.3) is 0 Å². The van der Waals surface area contributed by atoms with Crippen molar-refractivity contribution in [2.45, 2.75) is 0 Å².